The van der Waals surface area contributed by atoms with E-state index in [1.165, 1.54) is 17.5 Å². The highest BCUT2D eigenvalue weighted by molar-refractivity contribution is 9.10. The summed E-state index contributed by atoms with van der Waals surface area (Å²) in [6.07, 6.45) is 6.57. The molecule has 1 unspecified atom stereocenters. The first kappa shape index (κ1) is 14.5. The topological polar surface area (TPSA) is 56.1 Å². The number of rotatable bonds is 5. The second-order valence-electron chi connectivity index (χ2n) is 4.70. The summed E-state index contributed by atoms with van der Waals surface area (Å²) in [4.78, 5) is 11.9. The summed E-state index contributed by atoms with van der Waals surface area (Å²) in [6, 6.07) is 0. The number of nitrogens with one attached hydrogen (secondary N) is 1. The smallest absolute Gasteiger partial charge is 0.283 e. The number of anilines is 1. The summed E-state index contributed by atoms with van der Waals surface area (Å²) >= 11 is 3.33. The summed E-state index contributed by atoms with van der Waals surface area (Å²) in [7, 11) is 0. The molecule has 1 aromatic rings. The minimum Gasteiger partial charge on any atom is -0.383 e. The number of hydrogen-bond donors (Lipinski definition) is 1. The van der Waals surface area contributed by atoms with Crippen molar-refractivity contribution < 1.29 is 4.74 Å². The zero-order valence-electron chi connectivity index (χ0n) is 11.2. The lowest BCUT2D eigenvalue weighted by Crippen LogP contribution is -2.25. The van der Waals surface area contributed by atoms with Crippen LogP contribution < -0.4 is 10.9 Å². The highest BCUT2D eigenvalue weighted by Gasteiger charge is 2.14. The van der Waals surface area contributed by atoms with Crippen LogP contribution in [0.4, 0.5) is 5.69 Å². The third-order valence-electron chi connectivity index (χ3n) is 3.34. The lowest BCUT2D eigenvalue weighted by atomic mass is 10.1. The van der Waals surface area contributed by atoms with E-state index < -0.39 is 0 Å². The van der Waals surface area contributed by atoms with Gasteiger partial charge in [0.2, 0.25) is 0 Å². The van der Waals surface area contributed by atoms with Gasteiger partial charge in [0.25, 0.3) is 5.56 Å². The largest absolute Gasteiger partial charge is 0.383 e. The molecule has 106 valence electrons. The molecule has 0 saturated carbocycles. The molecule has 1 saturated heterocycles. The van der Waals surface area contributed by atoms with E-state index in [-0.39, 0.29) is 5.56 Å². The maximum atomic E-state index is 11.9. The van der Waals surface area contributed by atoms with Crippen LogP contribution in [0.3, 0.4) is 0 Å². The molecule has 0 aliphatic carbocycles. The standard InChI is InChI=1S/C13H20BrN3O2/c1-2-17-13(18)12(14)11(9-16-17)15-7-6-10-5-3-4-8-19-10/h9-10,15H,2-8H2,1H3. The van der Waals surface area contributed by atoms with Gasteiger partial charge < -0.3 is 10.1 Å². The average Bonchev–Trinajstić information content (AvgIpc) is 2.45. The Bertz CT molecular complexity index is 469. The van der Waals surface area contributed by atoms with E-state index in [1.54, 1.807) is 6.20 Å². The molecule has 2 rings (SSSR count). The van der Waals surface area contributed by atoms with Gasteiger partial charge in [-0.2, -0.15) is 5.10 Å². The molecule has 1 atom stereocenters. The Morgan fingerprint density at radius 2 is 2.42 bits per heavy atom. The second kappa shape index (κ2) is 7.05. The Balaban J connectivity index is 1.89. The SMILES string of the molecule is CCn1ncc(NCCC2CCCCO2)c(Br)c1=O. The van der Waals surface area contributed by atoms with Gasteiger partial charge in [-0.3, -0.25) is 4.79 Å². The molecule has 0 spiro atoms. The summed E-state index contributed by atoms with van der Waals surface area (Å²) < 4.78 is 7.65. The first-order valence-corrected chi connectivity index (χ1v) is 7.62. The number of aryl methyl sites for hydroxylation is 1. The Kier molecular flexibility index (Phi) is 5.39. The highest BCUT2D eigenvalue weighted by Crippen LogP contribution is 2.18. The van der Waals surface area contributed by atoms with Gasteiger partial charge >= 0.3 is 0 Å². The zero-order valence-corrected chi connectivity index (χ0v) is 12.8. The Labute approximate surface area is 121 Å². The van der Waals surface area contributed by atoms with Gasteiger partial charge in [0.15, 0.2) is 0 Å². The predicted molar refractivity (Wildman–Crippen MR) is 78.6 cm³/mol. The fourth-order valence-electron chi connectivity index (χ4n) is 2.22. The van der Waals surface area contributed by atoms with Crippen molar-refractivity contribution in [3.8, 4) is 0 Å². The van der Waals surface area contributed by atoms with Gasteiger partial charge in [-0.05, 0) is 48.5 Å². The second-order valence-corrected chi connectivity index (χ2v) is 5.49. The summed E-state index contributed by atoms with van der Waals surface area (Å²) in [5.74, 6) is 0. The third kappa shape index (κ3) is 3.79. The summed E-state index contributed by atoms with van der Waals surface area (Å²) in [5, 5.41) is 7.35. The Morgan fingerprint density at radius 3 is 3.11 bits per heavy atom. The van der Waals surface area contributed by atoms with Crippen molar-refractivity contribution in [2.24, 2.45) is 0 Å². The van der Waals surface area contributed by atoms with E-state index in [0.717, 1.165) is 31.7 Å². The fourth-order valence-corrected chi connectivity index (χ4v) is 2.66. The number of aromatic nitrogens is 2. The molecule has 1 aliphatic heterocycles. The first-order valence-electron chi connectivity index (χ1n) is 6.83. The van der Waals surface area contributed by atoms with Gasteiger partial charge in [-0.25, -0.2) is 4.68 Å². The molecular weight excluding hydrogens is 310 g/mol. The molecule has 0 aromatic carbocycles. The third-order valence-corrected chi connectivity index (χ3v) is 4.11. The van der Waals surface area contributed by atoms with Gasteiger partial charge in [-0.1, -0.05) is 0 Å². The van der Waals surface area contributed by atoms with E-state index >= 15 is 0 Å². The molecule has 0 bridgehead atoms. The van der Waals surface area contributed by atoms with Gasteiger partial charge in [0.1, 0.15) is 4.47 Å². The van der Waals surface area contributed by atoms with Gasteiger partial charge in [-0.15, -0.1) is 0 Å². The minimum atomic E-state index is -0.0959. The van der Waals surface area contributed by atoms with E-state index in [0.29, 0.717) is 17.1 Å². The maximum Gasteiger partial charge on any atom is 0.283 e. The van der Waals surface area contributed by atoms with E-state index in [2.05, 4.69) is 26.3 Å². The monoisotopic (exact) mass is 329 g/mol. The van der Waals surface area contributed by atoms with Crippen molar-refractivity contribution in [3.05, 3.63) is 21.0 Å². The van der Waals surface area contributed by atoms with Crippen LogP contribution in [0.25, 0.3) is 0 Å². The zero-order chi connectivity index (χ0) is 13.7. The molecule has 1 aliphatic rings. The highest BCUT2D eigenvalue weighted by atomic mass is 79.9. The van der Waals surface area contributed by atoms with Crippen LogP contribution in [-0.2, 0) is 11.3 Å². The molecule has 1 fully saturated rings. The molecule has 0 amide bonds. The summed E-state index contributed by atoms with van der Waals surface area (Å²) in [6.45, 7) is 4.14. The van der Waals surface area contributed by atoms with Crippen LogP contribution in [0.5, 0.6) is 0 Å². The van der Waals surface area contributed by atoms with Crippen molar-refractivity contribution in [1.29, 1.82) is 0 Å². The van der Waals surface area contributed by atoms with E-state index in [4.69, 9.17) is 4.74 Å². The van der Waals surface area contributed by atoms with Crippen molar-refractivity contribution in [2.45, 2.75) is 45.3 Å². The quantitative estimate of drug-likeness (QED) is 0.901. The fraction of sp³-hybridized carbons (Fsp3) is 0.692. The molecule has 1 aromatic heterocycles. The molecule has 5 nitrogen and oxygen atoms in total. The lowest BCUT2D eigenvalue weighted by molar-refractivity contribution is 0.0134. The Hall–Kier alpha value is -0.880. The van der Waals surface area contributed by atoms with E-state index in [1.807, 2.05) is 6.92 Å². The first-order chi connectivity index (χ1) is 9.22. The number of halogens is 1. The Morgan fingerprint density at radius 1 is 1.58 bits per heavy atom. The van der Waals surface area contributed by atoms with E-state index in [9.17, 15) is 4.79 Å². The molecule has 0 radical (unpaired) electrons. The molecule has 1 N–H and O–H groups in total. The average molecular weight is 330 g/mol. The van der Waals surface area contributed by atoms with Crippen LogP contribution in [0.2, 0.25) is 0 Å². The molecular formula is C13H20BrN3O2. The summed E-state index contributed by atoms with van der Waals surface area (Å²) in [5.41, 5.74) is 0.659. The van der Waals surface area contributed by atoms with Crippen molar-refractivity contribution >= 4 is 21.6 Å². The van der Waals surface area contributed by atoms with Crippen molar-refractivity contribution in [2.75, 3.05) is 18.5 Å². The minimum absolute atomic E-state index is 0.0959. The molecule has 6 heteroatoms. The van der Waals surface area contributed by atoms with Crippen LogP contribution >= 0.6 is 15.9 Å². The lowest BCUT2D eigenvalue weighted by Gasteiger charge is -2.22. The van der Waals surface area contributed by atoms with Crippen LogP contribution in [0.1, 0.15) is 32.6 Å². The molecule has 2 heterocycles. The van der Waals surface area contributed by atoms with Gasteiger partial charge in [0.05, 0.1) is 18.0 Å². The van der Waals surface area contributed by atoms with Gasteiger partial charge in [0, 0.05) is 19.7 Å². The normalized spacial score (nSPS) is 19.4. The maximum absolute atomic E-state index is 11.9. The number of nitrogens with zero attached hydrogens (tertiary/aromatic N) is 2. The van der Waals surface area contributed by atoms with Crippen LogP contribution in [0.15, 0.2) is 15.5 Å². The van der Waals surface area contributed by atoms with Crippen molar-refractivity contribution in [3.63, 3.8) is 0 Å². The number of hydrogen-bond acceptors (Lipinski definition) is 4. The number of ether oxygens (including phenoxy) is 1. The molecule has 19 heavy (non-hydrogen) atoms. The predicted octanol–water partition coefficient (Wildman–Crippen LogP) is 2.40. The van der Waals surface area contributed by atoms with Crippen LogP contribution in [0, 0.1) is 0 Å². The van der Waals surface area contributed by atoms with Crippen LogP contribution in [-0.4, -0.2) is 29.0 Å². The van der Waals surface area contributed by atoms with Crippen molar-refractivity contribution in [1.82, 2.24) is 9.78 Å².